The minimum absolute atomic E-state index is 0.0358. The molecule has 0 aliphatic heterocycles. The van der Waals surface area contributed by atoms with Crippen molar-refractivity contribution in [2.24, 2.45) is 5.92 Å². The van der Waals surface area contributed by atoms with Crippen molar-refractivity contribution in [1.82, 2.24) is 5.32 Å². The Balaban J connectivity index is 1.84. The monoisotopic (exact) mass is 481 g/mol. The van der Waals surface area contributed by atoms with Gasteiger partial charge in [0.2, 0.25) is 0 Å². The number of nitrogens with one attached hydrogen (secondary N) is 1. The smallest absolute Gasteiger partial charge is 0.323 e. The number of fused-ring (bicyclic) bond motifs is 3. The first-order valence-corrected chi connectivity index (χ1v) is 10.3. The molecule has 0 unspecified atom stereocenters. The standard InChI is InChI=1S/C20H20INO3S/c1-11(2)19(20(24)25-3)22-10-16(23)12-4-7-17-15(8-12)14-6-5-13(21)9-18(14)26-17/h4-9,11,19,22H,10H2,1-3H3/t19-/m1/s1. The summed E-state index contributed by atoms with van der Waals surface area (Å²) in [4.78, 5) is 24.4. The average Bonchev–Trinajstić information content (AvgIpc) is 2.97. The fourth-order valence-electron chi connectivity index (χ4n) is 2.95. The Labute approximate surface area is 170 Å². The number of carbonyl (C=O) groups is 2. The van der Waals surface area contributed by atoms with Gasteiger partial charge in [0, 0.05) is 29.3 Å². The molecule has 0 amide bonds. The summed E-state index contributed by atoms with van der Waals surface area (Å²) < 4.78 is 8.39. The number of esters is 1. The van der Waals surface area contributed by atoms with Gasteiger partial charge in [-0.3, -0.25) is 14.9 Å². The molecule has 136 valence electrons. The molecule has 1 aromatic heterocycles. The molecule has 0 fully saturated rings. The van der Waals surface area contributed by atoms with Gasteiger partial charge >= 0.3 is 5.97 Å². The van der Waals surface area contributed by atoms with E-state index in [0.717, 1.165) is 5.39 Å². The lowest BCUT2D eigenvalue weighted by Crippen LogP contribution is -2.44. The number of methoxy groups -OCH3 is 1. The summed E-state index contributed by atoms with van der Waals surface area (Å²) in [5, 5.41) is 5.30. The summed E-state index contributed by atoms with van der Waals surface area (Å²) in [6, 6.07) is 11.7. The largest absolute Gasteiger partial charge is 0.468 e. The number of ketones is 1. The van der Waals surface area contributed by atoms with Gasteiger partial charge in [0.25, 0.3) is 0 Å². The molecule has 4 nitrogen and oxygen atoms in total. The van der Waals surface area contributed by atoms with Gasteiger partial charge in [-0.25, -0.2) is 0 Å². The Morgan fingerprint density at radius 2 is 1.88 bits per heavy atom. The SMILES string of the molecule is COC(=O)[C@H](NCC(=O)c1ccc2sc3cc(I)ccc3c2c1)C(C)C. The third-order valence-electron chi connectivity index (χ3n) is 4.36. The van der Waals surface area contributed by atoms with Gasteiger partial charge in [-0.15, -0.1) is 11.3 Å². The van der Waals surface area contributed by atoms with Gasteiger partial charge in [0.05, 0.1) is 13.7 Å². The first-order valence-electron chi connectivity index (χ1n) is 8.37. The summed E-state index contributed by atoms with van der Waals surface area (Å²) >= 11 is 4.04. The lowest BCUT2D eigenvalue weighted by molar-refractivity contribution is -0.144. The number of Topliss-reactive ketones (excluding diaryl/α,β-unsaturated/α-hetero) is 1. The second-order valence-electron chi connectivity index (χ2n) is 6.50. The highest BCUT2D eigenvalue weighted by atomic mass is 127. The molecule has 0 bridgehead atoms. The molecule has 2 aromatic carbocycles. The molecule has 0 saturated heterocycles. The lowest BCUT2D eigenvalue weighted by atomic mass is 10.0. The fourth-order valence-corrected chi connectivity index (χ4v) is 4.78. The molecule has 0 aliphatic rings. The van der Waals surface area contributed by atoms with Crippen molar-refractivity contribution >= 4 is 65.9 Å². The van der Waals surface area contributed by atoms with E-state index in [1.807, 2.05) is 32.0 Å². The first-order chi connectivity index (χ1) is 12.4. The van der Waals surface area contributed by atoms with Crippen molar-refractivity contribution in [1.29, 1.82) is 0 Å². The molecule has 0 spiro atoms. The van der Waals surface area contributed by atoms with Crippen molar-refractivity contribution in [3.8, 4) is 0 Å². The van der Waals surface area contributed by atoms with Crippen molar-refractivity contribution in [3.63, 3.8) is 0 Å². The summed E-state index contributed by atoms with van der Waals surface area (Å²) in [6.45, 7) is 3.94. The van der Waals surface area contributed by atoms with E-state index in [4.69, 9.17) is 4.74 Å². The number of hydrogen-bond donors (Lipinski definition) is 1. The van der Waals surface area contributed by atoms with Crippen molar-refractivity contribution in [3.05, 3.63) is 45.5 Å². The maximum atomic E-state index is 12.6. The molecule has 3 rings (SSSR count). The van der Waals surface area contributed by atoms with E-state index in [-0.39, 0.29) is 24.2 Å². The summed E-state index contributed by atoms with van der Waals surface area (Å²) in [5.41, 5.74) is 0.649. The van der Waals surface area contributed by atoms with Crippen LogP contribution in [0, 0.1) is 9.49 Å². The highest BCUT2D eigenvalue weighted by Crippen LogP contribution is 2.35. The zero-order valence-corrected chi connectivity index (χ0v) is 17.8. The fraction of sp³-hybridized carbons (Fsp3) is 0.300. The van der Waals surface area contributed by atoms with Crippen molar-refractivity contribution < 1.29 is 14.3 Å². The summed E-state index contributed by atoms with van der Waals surface area (Å²) in [7, 11) is 1.36. The van der Waals surface area contributed by atoms with Crippen LogP contribution >= 0.6 is 33.9 Å². The number of benzene rings is 2. The number of halogens is 1. The van der Waals surface area contributed by atoms with E-state index in [1.165, 1.54) is 25.5 Å². The third kappa shape index (κ3) is 3.92. The second-order valence-corrected chi connectivity index (χ2v) is 8.83. The Kier molecular flexibility index (Phi) is 5.94. The molecule has 1 N–H and O–H groups in total. The average molecular weight is 481 g/mol. The van der Waals surface area contributed by atoms with Gasteiger partial charge in [0.1, 0.15) is 6.04 Å². The van der Waals surface area contributed by atoms with Crippen molar-refractivity contribution in [2.75, 3.05) is 13.7 Å². The minimum atomic E-state index is -0.489. The first kappa shape index (κ1) is 19.3. The predicted molar refractivity (Wildman–Crippen MR) is 115 cm³/mol. The Hall–Kier alpha value is -1.51. The molecule has 0 saturated carbocycles. The molecule has 1 heterocycles. The summed E-state index contributed by atoms with van der Waals surface area (Å²) in [6.07, 6.45) is 0. The van der Waals surface area contributed by atoms with Crippen molar-refractivity contribution in [2.45, 2.75) is 19.9 Å². The second kappa shape index (κ2) is 8.02. The highest BCUT2D eigenvalue weighted by molar-refractivity contribution is 14.1. The molecule has 1 atom stereocenters. The normalized spacial score (nSPS) is 12.7. The van der Waals surface area contributed by atoms with Crippen LogP contribution in [-0.4, -0.2) is 31.4 Å². The number of hydrogen-bond acceptors (Lipinski definition) is 5. The topological polar surface area (TPSA) is 55.4 Å². The Morgan fingerprint density at radius 3 is 2.58 bits per heavy atom. The lowest BCUT2D eigenvalue weighted by Gasteiger charge is -2.19. The quantitative estimate of drug-likeness (QED) is 0.317. The van der Waals surface area contributed by atoms with Crippen LogP contribution in [0.3, 0.4) is 0 Å². The number of thiophene rings is 1. The predicted octanol–water partition coefficient (Wildman–Crippen LogP) is 4.63. The highest BCUT2D eigenvalue weighted by Gasteiger charge is 2.23. The minimum Gasteiger partial charge on any atom is -0.468 e. The van der Waals surface area contributed by atoms with E-state index in [2.05, 4.69) is 46.1 Å². The van der Waals surface area contributed by atoms with Crippen LogP contribution in [0.1, 0.15) is 24.2 Å². The Morgan fingerprint density at radius 1 is 1.12 bits per heavy atom. The zero-order valence-electron chi connectivity index (χ0n) is 14.8. The summed E-state index contributed by atoms with van der Waals surface area (Å²) in [5.74, 6) is -0.339. The molecule has 3 aromatic rings. The number of carbonyl (C=O) groups excluding carboxylic acids is 2. The van der Waals surface area contributed by atoms with Gasteiger partial charge in [0.15, 0.2) is 5.78 Å². The van der Waals surface area contributed by atoms with Gasteiger partial charge in [-0.2, -0.15) is 0 Å². The maximum Gasteiger partial charge on any atom is 0.323 e. The van der Waals surface area contributed by atoms with Gasteiger partial charge in [-0.1, -0.05) is 19.9 Å². The zero-order chi connectivity index (χ0) is 18.8. The molecule has 0 aliphatic carbocycles. The van der Waals surface area contributed by atoms with Crippen LogP contribution in [0.15, 0.2) is 36.4 Å². The van der Waals surface area contributed by atoms with Crippen LogP contribution in [-0.2, 0) is 9.53 Å². The molecule has 26 heavy (non-hydrogen) atoms. The van der Waals surface area contributed by atoms with Crippen LogP contribution in [0.25, 0.3) is 20.2 Å². The van der Waals surface area contributed by atoms with E-state index in [1.54, 1.807) is 11.3 Å². The van der Waals surface area contributed by atoms with E-state index in [0.29, 0.717) is 5.56 Å². The van der Waals surface area contributed by atoms with Gasteiger partial charge < -0.3 is 4.74 Å². The van der Waals surface area contributed by atoms with Crippen LogP contribution < -0.4 is 5.32 Å². The number of ether oxygens (including phenoxy) is 1. The van der Waals surface area contributed by atoms with Crippen LogP contribution in [0.5, 0.6) is 0 Å². The molecular formula is C20H20INO3S. The molecular weight excluding hydrogens is 461 g/mol. The van der Waals surface area contributed by atoms with Crippen LogP contribution in [0.4, 0.5) is 0 Å². The van der Waals surface area contributed by atoms with E-state index in [9.17, 15) is 9.59 Å². The van der Waals surface area contributed by atoms with E-state index < -0.39 is 6.04 Å². The molecule has 6 heteroatoms. The van der Waals surface area contributed by atoms with Crippen LogP contribution in [0.2, 0.25) is 0 Å². The third-order valence-corrected chi connectivity index (χ3v) is 6.16. The van der Waals surface area contributed by atoms with Gasteiger partial charge in [-0.05, 0) is 58.8 Å². The van der Waals surface area contributed by atoms with E-state index >= 15 is 0 Å². The maximum absolute atomic E-state index is 12.6. The molecule has 0 radical (unpaired) electrons. The Bertz CT molecular complexity index is 980. The number of rotatable bonds is 6.